The molecule has 0 amide bonds. The fourth-order valence-corrected chi connectivity index (χ4v) is 4.16. The number of esters is 3. The Morgan fingerprint density at radius 2 is 1.96 bits per heavy atom. The lowest BCUT2D eigenvalue weighted by Gasteiger charge is -2.45. The van der Waals surface area contributed by atoms with Gasteiger partial charge in [0.25, 0.3) is 0 Å². The van der Waals surface area contributed by atoms with Gasteiger partial charge in [0, 0.05) is 12.8 Å². The summed E-state index contributed by atoms with van der Waals surface area (Å²) in [6.45, 7) is 2.95. The third kappa shape index (κ3) is 3.32. The lowest BCUT2D eigenvalue weighted by Crippen LogP contribution is -2.49. The summed E-state index contributed by atoms with van der Waals surface area (Å²) in [6, 6.07) is 0. The molecule has 6 atom stereocenters. The van der Waals surface area contributed by atoms with Crippen LogP contribution in [0.25, 0.3) is 0 Å². The van der Waals surface area contributed by atoms with E-state index in [1.54, 1.807) is 0 Å². The first-order valence-corrected chi connectivity index (χ1v) is 8.49. The van der Waals surface area contributed by atoms with Crippen LogP contribution in [0.3, 0.4) is 0 Å². The Kier molecular flexibility index (Phi) is 4.29. The highest BCUT2D eigenvalue weighted by atomic mass is 35.5. The molecule has 6 nitrogen and oxygen atoms in total. The van der Waals surface area contributed by atoms with Crippen LogP contribution in [0.1, 0.15) is 46.0 Å². The first-order valence-electron chi connectivity index (χ1n) is 8.06. The topological polar surface area (TPSA) is 78.9 Å². The molecular formula is C16H21ClO6. The molecule has 23 heavy (non-hydrogen) atoms. The van der Waals surface area contributed by atoms with Gasteiger partial charge in [0.05, 0.1) is 5.92 Å². The van der Waals surface area contributed by atoms with Gasteiger partial charge in [-0.1, -0.05) is 0 Å². The molecule has 0 aromatic rings. The first-order chi connectivity index (χ1) is 10.8. The minimum atomic E-state index is -1.02. The monoisotopic (exact) mass is 344 g/mol. The van der Waals surface area contributed by atoms with E-state index in [0.717, 1.165) is 19.3 Å². The Labute approximate surface area is 139 Å². The van der Waals surface area contributed by atoms with Crippen LogP contribution in [-0.2, 0) is 28.6 Å². The van der Waals surface area contributed by atoms with Gasteiger partial charge in [0.1, 0.15) is 17.1 Å². The molecule has 2 saturated heterocycles. The molecule has 0 N–H and O–H groups in total. The van der Waals surface area contributed by atoms with Gasteiger partial charge >= 0.3 is 17.9 Å². The van der Waals surface area contributed by atoms with Crippen LogP contribution in [0.5, 0.6) is 0 Å². The summed E-state index contributed by atoms with van der Waals surface area (Å²) in [5, 5.41) is -0.820. The number of hydrogen-bond donors (Lipinski definition) is 0. The number of carbonyl (C=O) groups excluding carboxylic acids is 3. The van der Waals surface area contributed by atoms with Crippen LogP contribution < -0.4 is 0 Å². The number of fused-ring (bicyclic) bond motifs is 1. The maximum atomic E-state index is 12.3. The van der Waals surface area contributed by atoms with Crippen LogP contribution in [0.2, 0.25) is 0 Å². The Morgan fingerprint density at radius 1 is 1.22 bits per heavy atom. The van der Waals surface area contributed by atoms with Gasteiger partial charge in [-0.2, -0.15) is 0 Å². The van der Waals surface area contributed by atoms with Crippen molar-refractivity contribution in [3.63, 3.8) is 0 Å². The highest BCUT2D eigenvalue weighted by molar-refractivity contribution is 6.29. The van der Waals surface area contributed by atoms with E-state index in [1.807, 2.05) is 0 Å². The average Bonchev–Trinajstić information content (AvgIpc) is 2.60. The summed E-state index contributed by atoms with van der Waals surface area (Å²) in [6.07, 6.45) is 2.23. The molecule has 0 radical (unpaired) electrons. The number of alkyl halides is 1. The van der Waals surface area contributed by atoms with Crippen molar-refractivity contribution in [2.45, 2.75) is 69.1 Å². The highest BCUT2D eigenvalue weighted by Gasteiger charge is 2.55. The summed E-state index contributed by atoms with van der Waals surface area (Å²) < 4.78 is 16.2. The van der Waals surface area contributed by atoms with E-state index >= 15 is 0 Å². The molecule has 4 fully saturated rings. The van der Waals surface area contributed by atoms with E-state index in [-0.39, 0.29) is 18.0 Å². The predicted molar refractivity (Wildman–Crippen MR) is 79.6 cm³/mol. The highest BCUT2D eigenvalue weighted by Crippen LogP contribution is 2.51. The zero-order valence-electron chi connectivity index (χ0n) is 13.2. The molecular weight excluding hydrogens is 324 g/mol. The van der Waals surface area contributed by atoms with Crippen molar-refractivity contribution in [2.75, 3.05) is 0 Å². The van der Waals surface area contributed by atoms with Gasteiger partial charge in [-0.05, 0) is 39.0 Å². The quantitative estimate of drug-likeness (QED) is 0.440. The largest absolute Gasteiger partial charge is 0.462 e. The molecule has 2 aliphatic heterocycles. The lowest BCUT2D eigenvalue weighted by atomic mass is 9.65. The van der Waals surface area contributed by atoms with Crippen molar-refractivity contribution in [3.8, 4) is 0 Å². The standard InChI is InChI=1S/C16H21ClO6/c1-8(17)13(18)21-9(2)14(19)23-16-5-10-3-11(6-16)15(20)22-12(4-10)7-16/h8-12H,3-7H2,1-2H3. The van der Waals surface area contributed by atoms with Gasteiger partial charge in [0.2, 0.25) is 0 Å². The average molecular weight is 345 g/mol. The van der Waals surface area contributed by atoms with Gasteiger partial charge < -0.3 is 14.2 Å². The maximum Gasteiger partial charge on any atom is 0.347 e. The molecule has 2 aliphatic carbocycles. The second-order valence-electron chi connectivity index (χ2n) is 7.00. The summed E-state index contributed by atoms with van der Waals surface area (Å²) in [5.41, 5.74) is -0.674. The van der Waals surface area contributed by atoms with Crippen LogP contribution >= 0.6 is 11.6 Å². The summed E-state index contributed by atoms with van der Waals surface area (Å²) in [4.78, 5) is 35.8. The van der Waals surface area contributed by atoms with Crippen LogP contribution in [0, 0.1) is 11.8 Å². The van der Waals surface area contributed by atoms with Crippen molar-refractivity contribution >= 4 is 29.5 Å². The third-order valence-electron chi connectivity index (χ3n) is 4.98. The van der Waals surface area contributed by atoms with E-state index < -0.39 is 29.0 Å². The fourth-order valence-electron chi connectivity index (χ4n) is 4.11. The van der Waals surface area contributed by atoms with Gasteiger partial charge in [-0.15, -0.1) is 11.6 Å². The predicted octanol–water partition coefficient (Wildman–Crippen LogP) is 1.96. The molecule has 2 saturated carbocycles. The fraction of sp³-hybridized carbons (Fsp3) is 0.812. The van der Waals surface area contributed by atoms with E-state index in [4.69, 9.17) is 25.8 Å². The molecule has 0 spiro atoms. The van der Waals surface area contributed by atoms with Crippen molar-refractivity contribution in [2.24, 2.45) is 11.8 Å². The Balaban J connectivity index is 1.68. The number of halogens is 1. The van der Waals surface area contributed by atoms with Crippen LogP contribution in [0.15, 0.2) is 0 Å². The first kappa shape index (κ1) is 16.6. The van der Waals surface area contributed by atoms with E-state index in [1.165, 1.54) is 13.8 Å². The number of ether oxygens (including phenoxy) is 3. The second kappa shape index (κ2) is 5.96. The molecule has 0 aromatic carbocycles. The van der Waals surface area contributed by atoms with Crippen molar-refractivity contribution in [3.05, 3.63) is 0 Å². The summed E-state index contributed by atoms with van der Waals surface area (Å²) >= 11 is 5.63. The molecule has 0 aromatic heterocycles. The SMILES string of the molecule is CC(Cl)C(=O)OC(C)C(=O)OC12CC3CC(C1)OC(=O)C(C3)C2. The lowest BCUT2D eigenvalue weighted by molar-refractivity contribution is -0.188. The van der Waals surface area contributed by atoms with Crippen LogP contribution in [-0.4, -0.2) is 41.1 Å². The second-order valence-corrected chi connectivity index (χ2v) is 7.66. The van der Waals surface area contributed by atoms with Crippen molar-refractivity contribution < 1.29 is 28.6 Å². The zero-order chi connectivity index (χ0) is 16.8. The van der Waals surface area contributed by atoms with E-state index in [9.17, 15) is 14.4 Å². The Bertz CT molecular complexity index is 533. The molecule has 4 rings (SSSR count). The van der Waals surface area contributed by atoms with Crippen molar-refractivity contribution in [1.29, 1.82) is 0 Å². The summed E-state index contributed by atoms with van der Waals surface area (Å²) in [7, 11) is 0. The van der Waals surface area contributed by atoms with Gasteiger partial charge in [0.15, 0.2) is 6.10 Å². The Morgan fingerprint density at radius 3 is 2.65 bits per heavy atom. The third-order valence-corrected chi connectivity index (χ3v) is 5.15. The molecule has 4 bridgehead atoms. The van der Waals surface area contributed by atoms with Crippen LogP contribution in [0.4, 0.5) is 0 Å². The number of rotatable bonds is 4. The minimum absolute atomic E-state index is 0.175. The molecule has 128 valence electrons. The molecule has 6 unspecified atom stereocenters. The van der Waals surface area contributed by atoms with E-state index in [2.05, 4.69) is 0 Å². The Hall–Kier alpha value is -1.30. The van der Waals surface area contributed by atoms with Gasteiger partial charge in [-0.25, -0.2) is 4.79 Å². The molecule has 2 heterocycles. The van der Waals surface area contributed by atoms with E-state index in [0.29, 0.717) is 18.8 Å². The number of hydrogen-bond acceptors (Lipinski definition) is 6. The molecule has 7 heteroatoms. The summed E-state index contributed by atoms with van der Waals surface area (Å²) in [5.74, 6) is -1.28. The normalized spacial score (nSPS) is 37.5. The maximum absolute atomic E-state index is 12.3. The van der Waals surface area contributed by atoms with Crippen molar-refractivity contribution in [1.82, 2.24) is 0 Å². The van der Waals surface area contributed by atoms with Gasteiger partial charge in [-0.3, -0.25) is 9.59 Å². The zero-order valence-corrected chi connectivity index (χ0v) is 14.0. The number of carbonyl (C=O) groups is 3. The smallest absolute Gasteiger partial charge is 0.347 e. The minimum Gasteiger partial charge on any atom is -0.462 e. The molecule has 4 aliphatic rings.